The maximum atomic E-state index is 11.2. The van der Waals surface area contributed by atoms with Crippen LogP contribution in [0.1, 0.15) is 5.56 Å². The fourth-order valence-corrected chi connectivity index (χ4v) is 1.18. The fraction of sp³-hybridized carbons (Fsp3) is 0.364. The molecule has 8 nitrogen and oxygen atoms in total. The number of aliphatic hydroxyl groups excluding tert-OH is 2. The second-order valence-corrected chi connectivity index (χ2v) is 3.72. The topological polar surface area (TPSA) is 122 Å². The Bertz CT molecular complexity index is 433. The molecule has 0 aliphatic heterocycles. The van der Waals surface area contributed by atoms with Crippen molar-refractivity contribution in [3.63, 3.8) is 0 Å². The lowest BCUT2D eigenvalue weighted by Gasteiger charge is -2.09. The minimum Gasteiger partial charge on any atom is -0.445 e. The van der Waals surface area contributed by atoms with Gasteiger partial charge in [-0.2, -0.15) is 0 Å². The molecule has 1 unspecified atom stereocenters. The van der Waals surface area contributed by atoms with E-state index in [1.54, 1.807) is 0 Å². The van der Waals surface area contributed by atoms with Crippen LogP contribution in [0.2, 0.25) is 0 Å². The highest BCUT2D eigenvalue weighted by Gasteiger charge is 2.08. The summed E-state index contributed by atoms with van der Waals surface area (Å²) in [5.41, 5.74) is 0.558. The summed E-state index contributed by atoms with van der Waals surface area (Å²) in [4.78, 5) is 21.1. The first-order chi connectivity index (χ1) is 9.02. The number of carbonyl (C=O) groups excluding carboxylic acids is 1. The van der Waals surface area contributed by atoms with E-state index in [-0.39, 0.29) is 18.8 Å². The molecule has 0 bridgehead atoms. The first-order valence-corrected chi connectivity index (χ1v) is 5.46. The van der Waals surface area contributed by atoms with Gasteiger partial charge in [-0.3, -0.25) is 10.1 Å². The molecule has 0 aliphatic rings. The summed E-state index contributed by atoms with van der Waals surface area (Å²) in [5, 5.41) is 30.2. The van der Waals surface area contributed by atoms with Gasteiger partial charge in [0.1, 0.15) is 6.61 Å². The van der Waals surface area contributed by atoms with Crippen LogP contribution in [-0.2, 0) is 11.3 Å². The number of hydrogen-bond donors (Lipinski definition) is 3. The maximum absolute atomic E-state index is 11.2. The van der Waals surface area contributed by atoms with Crippen molar-refractivity contribution in [1.82, 2.24) is 5.32 Å². The first kappa shape index (κ1) is 14.9. The summed E-state index contributed by atoms with van der Waals surface area (Å²) in [5.74, 6) is 0. The summed E-state index contributed by atoms with van der Waals surface area (Å²) in [7, 11) is 0. The van der Waals surface area contributed by atoms with Crippen molar-refractivity contribution in [2.24, 2.45) is 0 Å². The van der Waals surface area contributed by atoms with Crippen molar-refractivity contribution >= 4 is 11.8 Å². The van der Waals surface area contributed by atoms with E-state index < -0.39 is 23.7 Å². The number of hydrogen-bond acceptors (Lipinski definition) is 6. The maximum Gasteiger partial charge on any atom is 0.407 e. The van der Waals surface area contributed by atoms with Gasteiger partial charge < -0.3 is 20.3 Å². The average Bonchev–Trinajstić information content (AvgIpc) is 2.42. The number of aliphatic hydroxyl groups is 2. The second kappa shape index (κ2) is 7.29. The van der Waals surface area contributed by atoms with Crippen molar-refractivity contribution in [1.29, 1.82) is 0 Å². The third kappa shape index (κ3) is 5.32. The standard InChI is InChI=1S/C11H14N2O6/c14-6-10(15)5-12-11(16)19-7-8-1-3-9(4-2-8)13(17)18/h1-4,10,14-15H,5-7H2,(H,12,16). The molecule has 0 fully saturated rings. The van der Waals surface area contributed by atoms with E-state index in [0.717, 1.165) is 0 Å². The lowest BCUT2D eigenvalue weighted by atomic mass is 10.2. The Kier molecular flexibility index (Phi) is 5.71. The average molecular weight is 270 g/mol. The second-order valence-electron chi connectivity index (χ2n) is 3.72. The van der Waals surface area contributed by atoms with Gasteiger partial charge in [0.05, 0.1) is 17.6 Å². The molecule has 0 spiro atoms. The van der Waals surface area contributed by atoms with Crippen LogP contribution in [-0.4, -0.2) is 40.5 Å². The number of amides is 1. The Morgan fingerprint density at radius 1 is 1.42 bits per heavy atom. The number of alkyl carbamates (subject to hydrolysis) is 1. The van der Waals surface area contributed by atoms with Crippen molar-refractivity contribution in [3.8, 4) is 0 Å². The molecule has 104 valence electrons. The predicted octanol–water partition coefficient (Wildman–Crippen LogP) is 0.174. The number of ether oxygens (including phenoxy) is 1. The number of rotatable bonds is 6. The molecule has 0 heterocycles. The molecule has 19 heavy (non-hydrogen) atoms. The largest absolute Gasteiger partial charge is 0.445 e. The van der Waals surface area contributed by atoms with E-state index >= 15 is 0 Å². The summed E-state index contributed by atoms with van der Waals surface area (Å²) < 4.78 is 4.81. The highest BCUT2D eigenvalue weighted by molar-refractivity contribution is 5.67. The molecule has 0 aromatic heterocycles. The van der Waals surface area contributed by atoms with E-state index in [1.165, 1.54) is 24.3 Å². The number of benzene rings is 1. The van der Waals surface area contributed by atoms with Crippen molar-refractivity contribution < 1.29 is 24.7 Å². The van der Waals surface area contributed by atoms with Gasteiger partial charge in [-0.15, -0.1) is 0 Å². The van der Waals surface area contributed by atoms with Crippen LogP contribution >= 0.6 is 0 Å². The molecule has 0 radical (unpaired) electrons. The monoisotopic (exact) mass is 270 g/mol. The Labute approximate surface area is 108 Å². The predicted molar refractivity (Wildman–Crippen MR) is 64.4 cm³/mol. The molecule has 8 heteroatoms. The van der Waals surface area contributed by atoms with Crippen LogP contribution in [0.5, 0.6) is 0 Å². The third-order valence-electron chi connectivity index (χ3n) is 2.21. The number of carbonyl (C=O) groups is 1. The molecular weight excluding hydrogens is 256 g/mol. The number of non-ortho nitro benzene ring substituents is 1. The van der Waals surface area contributed by atoms with Crippen LogP contribution in [0.3, 0.4) is 0 Å². The molecule has 1 aromatic carbocycles. The first-order valence-electron chi connectivity index (χ1n) is 5.46. The van der Waals surface area contributed by atoms with Crippen LogP contribution in [0.15, 0.2) is 24.3 Å². The zero-order valence-electron chi connectivity index (χ0n) is 9.98. The van der Waals surface area contributed by atoms with Gasteiger partial charge in [0.25, 0.3) is 5.69 Å². The molecule has 1 atom stereocenters. The van der Waals surface area contributed by atoms with Crippen LogP contribution < -0.4 is 5.32 Å². The Hall–Kier alpha value is -2.19. The van der Waals surface area contributed by atoms with Gasteiger partial charge in [-0.05, 0) is 17.7 Å². The molecule has 0 aliphatic carbocycles. The molecular formula is C11H14N2O6. The number of nitrogens with one attached hydrogen (secondary N) is 1. The van der Waals surface area contributed by atoms with E-state index in [2.05, 4.69) is 5.32 Å². The fourth-order valence-electron chi connectivity index (χ4n) is 1.18. The van der Waals surface area contributed by atoms with Gasteiger partial charge in [0, 0.05) is 18.7 Å². The molecule has 0 saturated heterocycles. The molecule has 1 amide bonds. The lowest BCUT2D eigenvalue weighted by molar-refractivity contribution is -0.384. The highest BCUT2D eigenvalue weighted by atomic mass is 16.6. The molecule has 3 N–H and O–H groups in total. The Morgan fingerprint density at radius 2 is 2.05 bits per heavy atom. The number of nitro groups is 1. The van der Waals surface area contributed by atoms with Crippen molar-refractivity contribution in [2.45, 2.75) is 12.7 Å². The summed E-state index contributed by atoms with van der Waals surface area (Å²) in [6.45, 7) is -0.614. The summed E-state index contributed by atoms with van der Waals surface area (Å²) in [6, 6.07) is 5.58. The van der Waals surface area contributed by atoms with Crippen molar-refractivity contribution in [3.05, 3.63) is 39.9 Å². The smallest absolute Gasteiger partial charge is 0.407 e. The van der Waals surface area contributed by atoms with Gasteiger partial charge in [-0.1, -0.05) is 0 Å². The normalized spacial score (nSPS) is 11.7. The summed E-state index contributed by atoms with van der Waals surface area (Å²) >= 11 is 0. The minimum absolute atomic E-state index is 0.0423. The van der Waals surface area contributed by atoms with E-state index in [1.807, 2.05) is 0 Å². The van der Waals surface area contributed by atoms with Crippen LogP contribution in [0.25, 0.3) is 0 Å². The van der Waals surface area contributed by atoms with Gasteiger partial charge in [0.15, 0.2) is 0 Å². The minimum atomic E-state index is -1.04. The van der Waals surface area contributed by atoms with Gasteiger partial charge in [0.2, 0.25) is 0 Å². The number of nitrogens with zero attached hydrogens (tertiary/aromatic N) is 1. The van der Waals surface area contributed by atoms with Gasteiger partial charge >= 0.3 is 6.09 Å². The van der Waals surface area contributed by atoms with E-state index in [9.17, 15) is 14.9 Å². The van der Waals surface area contributed by atoms with Crippen LogP contribution in [0, 0.1) is 10.1 Å². The quantitative estimate of drug-likeness (QED) is 0.500. The Balaban J connectivity index is 2.35. The SMILES string of the molecule is O=C(NCC(O)CO)OCc1ccc([N+](=O)[O-])cc1. The molecule has 1 rings (SSSR count). The van der Waals surface area contributed by atoms with Crippen LogP contribution in [0.4, 0.5) is 10.5 Å². The zero-order chi connectivity index (χ0) is 14.3. The molecule has 0 saturated carbocycles. The lowest BCUT2D eigenvalue weighted by Crippen LogP contribution is -2.34. The Morgan fingerprint density at radius 3 is 2.58 bits per heavy atom. The highest BCUT2D eigenvalue weighted by Crippen LogP contribution is 2.12. The van der Waals surface area contributed by atoms with Crippen molar-refractivity contribution in [2.75, 3.05) is 13.2 Å². The van der Waals surface area contributed by atoms with Gasteiger partial charge in [-0.25, -0.2) is 4.79 Å². The third-order valence-corrected chi connectivity index (χ3v) is 2.21. The zero-order valence-corrected chi connectivity index (χ0v) is 9.98. The van der Waals surface area contributed by atoms with E-state index in [4.69, 9.17) is 14.9 Å². The number of nitro benzene ring substituents is 1. The van der Waals surface area contributed by atoms with E-state index in [0.29, 0.717) is 5.56 Å². The summed E-state index contributed by atoms with van der Waals surface area (Å²) in [6.07, 6.45) is -1.78. The molecule has 1 aromatic rings.